The van der Waals surface area contributed by atoms with Gasteiger partial charge in [-0.1, -0.05) is 46.7 Å². The zero-order chi connectivity index (χ0) is 20.4. The van der Waals surface area contributed by atoms with Crippen LogP contribution in [0.4, 0.5) is 5.13 Å². The monoisotopic (exact) mass is 485 g/mol. The number of amides is 1. The van der Waals surface area contributed by atoms with Gasteiger partial charge in [-0.25, -0.2) is 4.98 Å². The van der Waals surface area contributed by atoms with Crippen LogP contribution in [0, 0.1) is 6.92 Å². The van der Waals surface area contributed by atoms with E-state index >= 15 is 0 Å². The maximum Gasteiger partial charge on any atom is 0.261 e. The van der Waals surface area contributed by atoms with E-state index in [0.29, 0.717) is 27.3 Å². The fourth-order valence-corrected chi connectivity index (χ4v) is 4.91. The molecule has 5 nitrogen and oxygen atoms in total. The summed E-state index contributed by atoms with van der Waals surface area (Å²) in [6, 6.07) is 11.0. The maximum absolute atomic E-state index is 13.4. The second-order valence-electron chi connectivity index (χ2n) is 6.95. The number of para-hydroxylation sites is 1. The van der Waals surface area contributed by atoms with Crippen LogP contribution in [0.25, 0.3) is 10.2 Å². The molecule has 0 N–H and O–H groups in total. The predicted molar refractivity (Wildman–Crippen MR) is 127 cm³/mol. The quantitative estimate of drug-likeness (QED) is 0.490. The molecule has 1 fully saturated rings. The Morgan fingerprint density at radius 3 is 2.70 bits per heavy atom. The summed E-state index contributed by atoms with van der Waals surface area (Å²) in [6.45, 7) is 6.47. The van der Waals surface area contributed by atoms with E-state index in [9.17, 15) is 4.79 Å². The van der Waals surface area contributed by atoms with Crippen LogP contribution in [0.3, 0.4) is 0 Å². The van der Waals surface area contributed by atoms with Crippen LogP contribution in [-0.2, 0) is 4.74 Å². The Morgan fingerprint density at radius 1 is 1.23 bits per heavy atom. The van der Waals surface area contributed by atoms with Crippen molar-refractivity contribution in [3.63, 3.8) is 0 Å². The molecular weight excluding hydrogens is 465 g/mol. The number of rotatable bonds is 5. The van der Waals surface area contributed by atoms with E-state index < -0.39 is 0 Å². The molecule has 0 spiro atoms. The van der Waals surface area contributed by atoms with Gasteiger partial charge in [-0.15, -0.1) is 12.4 Å². The number of fused-ring (bicyclic) bond motifs is 1. The van der Waals surface area contributed by atoms with Gasteiger partial charge in [0.1, 0.15) is 0 Å². The summed E-state index contributed by atoms with van der Waals surface area (Å²) in [7, 11) is 0. The van der Waals surface area contributed by atoms with E-state index in [1.165, 1.54) is 11.3 Å². The fraction of sp³-hybridized carbons (Fsp3) is 0.333. The molecule has 30 heavy (non-hydrogen) atoms. The molecule has 1 aliphatic heterocycles. The molecule has 0 saturated carbocycles. The van der Waals surface area contributed by atoms with Crippen LogP contribution < -0.4 is 4.90 Å². The molecule has 1 aromatic heterocycles. The lowest BCUT2D eigenvalue weighted by Crippen LogP contribution is -2.43. The van der Waals surface area contributed by atoms with Crippen molar-refractivity contribution in [2.24, 2.45) is 0 Å². The summed E-state index contributed by atoms with van der Waals surface area (Å²) in [4.78, 5) is 22.2. The van der Waals surface area contributed by atoms with Gasteiger partial charge in [0, 0.05) is 31.2 Å². The number of halogens is 3. The Kier molecular flexibility index (Phi) is 7.96. The number of aromatic nitrogens is 1. The molecular formula is C21H22Cl3N3O2S. The number of ether oxygens (including phenoxy) is 1. The molecule has 160 valence electrons. The highest BCUT2D eigenvalue weighted by Crippen LogP contribution is 2.32. The van der Waals surface area contributed by atoms with Gasteiger partial charge in [0.05, 0.1) is 34.0 Å². The van der Waals surface area contributed by atoms with E-state index in [2.05, 4.69) is 4.90 Å². The minimum absolute atomic E-state index is 0. The molecule has 0 bridgehead atoms. The SMILES string of the molecule is Cc1cccc2sc(N(CCN3CCOCC3)C(=O)c3ccc(Cl)cc3Cl)nc12.Cl. The number of carbonyl (C=O) groups excluding carboxylic acids is 1. The Hall–Kier alpha value is -1.41. The summed E-state index contributed by atoms with van der Waals surface area (Å²) >= 11 is 13.9. The van der Waals surface area contributed by atoms with Gasteiger partial charge in [-0.2, -0.15) is 0 Å². The van der Waals surface area contributed by atoms with Gasteiger partial charge < -0.3 is 4.74 Å². The maximum atomic E-state index is 13.4. The molecule has 3 aromatic rings. The van der Waals surface area contributed by atoms with E-state index in [4.69, 9.17) is 32.9 Å². The number of carbonyl (C=O) groups is 1. The lowest BCUT2D eigenvalue weighted by atomic mass is 10.2. The molecule has 2 heterocycles. The molecule has 1 amide bonds. The summed E-state index contributed by atoms with van der Waals surface area (Å²) in [5, 5.41) is 1.52. The molecule has 0 aliphatic carbocycles. The zero-order valence-corrected chi connectivity index (χ0v) is 19.6. The number of nitrogens with zero attached hydrogens (tertiary/aromatic N) is 3. The van der Waals surface area contributed by atoms with Crippen molar-refractivity contribution >= 4 is 68.2 Å². The summed E-state index contributed by atoms with van der Waals surface area (Å²) in [5.74, 6) is -0.170. The minimum Gasteiger partial charge on any atom is -0.379 e. The molecule has 4 rings (SSSR count). The van der Waals surface area contributed by atoms with Crippen molar-refractivity contribution in [3.05, 3.63) is 57.6 Å². The van der Waals surface area contributed by atoms with Gasteiger partial charge in [0.2, 0.25) is 0 Å². The third kappa shape index (κ3) is 5.07. The van der Waals surface area contributed by atoms with Gasteiger partial charge in [0.25, 0.3) is 5.91 Å². The normalized spacial score (nSPS) is 14.5. The number of benzene rings is 2. The highest BCUT2D eigenvalue weighted by molar-refractivity contribution is 7.22. The van der Waals surface area contributed by atoms with E-state index in [0.717, 1.165) is 48.6 Å². The number of thiazole rings is 1. The van der Waals surface area contributed by atoms with Gasteiger partial charge in [0.15, 0.2) is 5.13 Å². The van der Waals surface area contributed by atoms with Crippen molar-refractivity contribution in [1.29, 1.82) is 0 Å². The molecule has 1 saturated heterocycles. The van der Waals surface area contributed by atoms with Gasteiger partial charge >= 0.3 is 0 Å². The zero-order valence-electron chi connectivity index (χ0n) is 16.4. The predicted octanol–water partition coefficient (Wildman–Crippen LogP) is 5.31. The smallest absolute Gasteiger partial charge is 0.261 e. The van der Waals surface area contributed by atoms with Crippen LogP contribution in [-0.4, -0.2) is 55.2 Å². The Bertz CT molecular complexity index is 1040. The van der Waals surface area contributed by atoms with Crippen molar-refractivity contribution in [2.45, 2.75) is 6.92 Å². The highest BCUT2D eigenvalue weighted by atomic mass is 35.5. The Balaban J connectivity index is 0.00000256. The average Bonchev–Trinajstić information content (AvgIpc) is 3.14. The van der Waals surface area contributed by atoms with Crippen LogP contribution in [0.2, 0.25) is 10.0 Å². The van der Waals surface area contributed by atoms with Crippen LogP contribution in [0.15, 0.2) is 36.4 Å². The third-order valence-corrected chi connectivity index (χ3v) is 6.58. The van der Waals surface area contributed by atoms with E-state index in [-0.39, 0.29) is 18.3 Å². The standard InChI is InChI=1S/C21H21Cl2N3O2S.ClH/c1-14-3-2-4-18-19(14)24-21(29-18)26(8-7-25-9-11-28-12-10-25)20(27)16-6-5-15(22)13-17(16)23;/h2-6,13H,7-12H2,1H3;1H. The summed E-state index contributed by atoms with van der Waals surface area (Å²) < 4.78 is 6.49. The topological polar surface area (TPSA) is 45.7 Å². The third-order valence-electron chi connectivity index (χ3n) is 4.99. The second-order valence-corrected chi connectivity index (χ2v) is 8.81. The fourth-order valence-electron chi connectivity index (χ4n) is 3.35. The first-order valence-corrected chi connectivity index (χ1v) is 11.0. The first-order chi connectivity index (χ1) is 14.0. The largest absolute Gasteiger partial charge is 0.379 e. The number of morpholine rings is 1. The average molecular weight is 487 g/mol. The molecule has 0 unspecified atom stereocenters. The number of hydrogen-bond acceptors (Lipinski definition) is 5. The van der Waals surface area contributed by atoms with Crippen molar-refractivity contribution < 1.29 is 9.53 Å². The highest BCUT2D eigenvalue weighted by Gasteiger charge is 2.24. The van der Waals surface area contributed by atoms with Gasteiger partial charge in [-0.05, 0) is 36.8 Å². The Labute approximate surface area is 195 Å². The molecule has 2 aromatic carbocycles. The number of hydrogen-bond donors (Lipinski definition) is 0. The van der Waals surface area contributed by atoms with Crippen molar-refractivity contribution in [1.82, 2.24) is 9.88 Å². The minimum atomic E-state index is -0.170. The first-order valence-electron chi connectivity index (χ1n) is 9.46. The summed E-state index contributed by atoms with van der Waals surface area (Å²) in [5.41, 5.74) is 2.45. The first kappa shape index (κ1) is 23.3. The molecule has 0 atom stereocenters. The molecule has 1 aliphatic rings. The number of anilines is 1. The lowest BCUT2D eigenvalue weighted by molar-refractivity contribution is 0.0391. The summed E-state index contributed by atoms with van der Waals surface area (Å²) in [6.07, 6.45) is 0. The van der Waals surface area contributed by atoms with Crippen LogP contribution in [0.5, 0.6) is 0 Å². The van der Waals surface area contributed by atoms with Gasteiger partial charge in [-0.3, -0.25) is 14.6 Å². The van der Waals surface area contributed by atoms with Crippen molar-refractivity contribution in [3.8, 4) is 0 Å². The number of aryl methyl sites for hydroxylation is 1. The van der Waals surface area contributed by atoms with E-state index in [1.807, 2.05) is 25.1 Å². The molecule has 9 heteroatoms. The van der Waals surface area contributed by atoms with E-state index in [1.54, 1.807) is 23.1 Å². The van der Waals surface area contributed by atoms with Crippen LogP contribution in [0.1, 0.15) is 15.9 Å². The van der Waals surface area contributed by atoms with Crippen molar-refractivity contribution in [2.75, 3.05) is 44.3 Å². The van der Waals surface area contributed by atoms with Crippen LogP contribution >= 0.6 is 46.9 Å². The molecule has 0 radical (unpaired) electrons. The Morgan fingerprint density at radius 2 is 2.00 bits per heavy atom. The second kappa shape index (κ2) is 10.3. The lowest BCUT2D eigenvalue weighted by Gasteiger charge is -2.29.